The van der Waals surface area contributed by atoms with Crippen LogP contribution in [0.3, 0.4) is 0 Å². The second-order valence-corrected chi connectivity index (χ2v) is 6.98. The van der Waals surface area contributed by atoms with Gasteiger partial charge in [0.25, 0.3) is 0 Å². The van der Waals surface area contributed by atoms with E-state index in [9.17, 15) is 5.11 Å². The summed E-state index contributed by atoms with van der Waals surface area (Å²) in [4.78, 5) is 0. The summed E-state index contributed by atoms with van der Waals surface area (Å²) in [6.07, 6.45) is 20.2. The maximum absolute atomic E-state index is 9.66. The van der Waals surface area contributed by atoms with Crippen LogP contribution in [-0.2, 0) is 0 Å². The van der Waals surface area contributed by atoms with Crippen LogP contribution in [0.15, 0.2) is 0 Å². The summed E-state index contributed by atoms with van der Waals surface area (Å²) in [5, 5.41) is 27.1. The monoisotopic (exact) mass is 330 g/mol. The van der Waals surface area contributed by atoms with Gasteiger partial charge in [0.15, 0.2) is 0 Å². The van der Waals surface area contributed by atoms with Crippen molar-refractivity contribution in [1.29, 1.82) is 0 Å². The summed E-state index contributed by atoms with van der Waals surface area (Å²) in [6.45, 7) is 0.547. The van der Waals surface area contributed by atoms with Crippen molar-refractivity contribution >= 4 is 0 Å². The third-order valence-electron chi connectivity index (χ3n) is 4.64. The minimum absolute atomic E-state index is 0.195. The second-order valence-electron chi connectivity index (χ2n) is 6.98. The van der Waals surface area contributed by atoms with Crippen LogP contribution < -0.4 is 0 Å². The Hall–Kier alpha value is -0.120. The standard InChI is InChI=1S/C20H42O3/c21-18-14-12-10-8-6-4-2-1-3-5-7-9-11-13-16-20(23)17-15-19-22/h20-23H,1-19H2. The van der Waals surface area contributed by atoms with Crippen molar-refractivity contribution in [2.75, 3.05) is 13.2 Å². The van der Waals surface area contributed by atoms with E-state index in [0.717, 1.165) is 32.1 Å². The van der Waals surface area contributed by atoms with Gasteiger partial charge in [-0.15, -0.1) is 0 Å². The van der Waals surface area contributed by atoms with Crippen LogP contribution in [0.5, 0.6) is 0 Å². The van der Waals surface area contributed by atoms with E-state index in [0.29, 0.717) is 6.61 Å². The van der Waals surface area contributed by atoms with E-state index in [1.165, 1.54) is 77.0 Å². The van der Waals surface area contributed by atoms with Crippen molar-refractivity contribution in [1.82, 2.24) is 0 Å². The number of unbranched alkanes of at least 4 members (excludes halogenated alkanes) is 13. The van der Waals surface area contributed by atoms with Gasteiger partial charge in [0.1, 0.15) is 0 Å². The summed E-state index contributed by atoms with van der Waals surface area (Å²) in [5.41, 5.74) is 0. The Morgan fingerprint density at radius 2 is 0.696 bits per heavy atom. The normalized spacial score (nSPS) is 12.7. The van der Waals surface area contributed by atoms with Gasteiger partial charge in [-0.25, -0.2) is 0 Å². The number of aliphatic hydroxyl groups excluding tert-OH is 3. The van der Waals surface area contributed by atoms with Gasteiger partial charge in [-0.1, -0.05) is 83.5 Å². The highest BCUT2D eigenvalue weighted by molar-refractivity contribution is 4.56. The molecule has 3 nitrogen and oxygen atoms in total. The average molecular weight is 331 g/mol. The van der Waals surface area contributed by atoms with E-state index >= 15 is 0 Å². The average Bonchev–Trinajstić information content (AvgIpc) is 2.56. The summed E-state index contributed by atoms with van der Waals surface area (Å²) < 4.78 is 0. The van der Waals surface area contributed by atoms with Crippen LogP contribution in [0.25, 0.3) is 0 Å². The lowest BCUT2D eigenvalue weighted by atomic mass is 10.0. The van der Waals surface area contributed by atoms with Crippen molar-refractivity contribution in [3.63, 3.8) is 0 Å². The fraction of sp³-hybridized carbons (Fsp3) is 1.00. The quantitative estimate of drug-likeness (QED) is 0.293. The third kappa shape index (κ3) is 19.8. The SMILES string of the molecule is OCCCCCCCCCCCCCCCCC(O)CCCO. The zero-order chi connectivity index (χ0) is 17.0. The minimum atomic E-state index is -0.203. The molecular formula is C20H42O3. The Bertz CT molecular complexity index is 209. The van der Waals surface area contributed by atoms with Gasteiger partial charge in [0.2, 0.25) is 0 Å². The second kappa shape index (κ2) is 19.9. The molecule has 0 amide bonds. The van der Waals surface area contributed by atoms with Gasteiger partial charge in [-0.3, -0.25) is 0 Å². The highest BCUT2D eigenvalue weighted by atomic mass is 16.3. The molecule has 1 unspecified atom stereocenters. The van der Waals surface area contributed by atoms with E-state index in [4.69, 9.17) is 10.2 Å². The van der Waals surface area contributed by atoms with Gasteiger partial charge in [0.05, 0.1) is 6.10 Å². The molecule has 0 saturated heterocycles. The maximum Gasteiger partial charge on any atom is 0.0541 e. The Labute approximate surface area is 144 Å². The fourth-order valence-electron chi connectivity index (χ4n) is 3.08. The lowest BCUT2D eigenvalue weighted by Gasteiger charge is -2.09. The molecule has 0 fully saturated rings. The number of aliphatic hydroxyl groups is 3. The summed E-state index contributed by atoms with van der Waals surface area (Å²) >= 11 is 0. The van der Waals surface area contributed by atoms with Crippen LogP contribution in [0.4, 0.5) is 0 Å². The van der Waals surface area contributed by atoms with Gasteiger partial charge >= 0.3 is 0 Å². The smallest absolute Gasteiger partial charge is 0.0541 e. The van der Waals surface area contributed by atoms with Crippen molar-refractivity contribution in [3.05, 3.63) is 0 Å². The number of hydrogen-bond donors (Lipinski definition) is 3. The molecule has 1 atom stereocenters. The summed E-state index contributed by atoms with van der Waals surface area (Å²) in [6, 6.07) is 0. The maximum atomic E-state index is 9.66. The van der Waals surface area contributed by atoms with Gasteiger partial charge in [-0.05, 0) is 25.7 Å². The molecule has 0 aromatic rings. The predicted octanol–water partition coefficient (Wildman–Crippen LogP) is 4.96. The van der Waals surface area contributed by atoms with Crippen LogP contribution in [0, 0.1) is 0 Å². The fourth-order valence-corrected chi connectivity index (χ4v) is 3.08. The molecule has 3 heteroatoms. The summed E-state index contributed by atoms with van der Waals surface area (Å²) in [7, 11) is 0. The molecule has 0 bridgehead atoms. The number of rotatable bonds is 19. The molecule has 0 aliphatic carbocycles. The Kier molecular flexibility index (Phi) is 19.8. The molecule has 0 aliphatic rings. The molecule has 140 valence electrons. The molecule has 3 N–H and O–H groups in total. The van der Waals surface area contributed by atoms with Crippen LogP contribution in [0.2, 0.25) is 0 Å². The van der Waals surface area contributed by atoms with E-state index < -0.39 is 0 Å². The molecule has 0 saturated carbocycles. The Balaban J connectivity index is 3.02. The zero-order valence-electron chi connectivity index (χ0n) is 15.4. The van der Waals surface area contributed by atoms with E-state index in [2.05, 4.69) is 0 Å². The van der Waals surface area contributed by atoms with Crippen molar-refractivity contribution in [2.24, 2.45) is 0 Å². The largest absolute Gasteiger partial charge is 0.396 e. The highest BCUT2D eigenvalue weighted by Crippen LogP contribution is 2.14. The Morgan fingerprint density at radius 3 is 1.09 bits per heavy atom. The molecule has 23 heavy (non-hydrogen) atoms. The first-order chi connectivity index (χ1) is 11.3. The first-order valence-corrected chi connectivity index (χ1v) is 10.2. The van der Waals surface area contributed by atoms with E-state index in [1.54, 1.807) is 0 Å². The van der Waals surface area contributed by atoms with Crippen LogP contribution in [0.1, 0.15) is 109 Å². The first-order valence-electron chi connectivity index (χ1n) is 10.2. The topological polar surface area (TPSA) is 60.7 Å². The van der Waals surface area contributed by atoms with Gasteiger partial charge in [-0.2, -0.15) is 0 Å². The Morgan fingerprint density at radius 1 is 0.391 bits per heavy atom. The highest BCUT2D eigenvalue weighted by Gasteiger charge is 2.02. The molecule has 0 spiro atoms. The van der Waals surface area contributed by atoms with E-state index in [1.807, 2.05) is 0 Å². The number of hydrogen-bond acceptors (Lipinski definition) is 3. The van der Waals surface area contributed by atoms with Gasteiger partial charge < -0.3 is 15.3 Å². The minimum Gasteiger partial charge on any atom is -0.396 e. The van der Waals surface area contributed by atoms with Crippen molar-refractivity contribution in [2.45, 2.75) is 115 Å². The van der Waals surface area contributed by atoms with Crippen LogP contribution >= 0.6 is 0 Å². The molecule has 0 aromatic heterocycles. The molecular weight excluding hydrogens is 288 g/mol. The molecule has 0 rings (SSSR count). The lowest BCUT2D eigenvalue weighted by Crippen LogP contribution is -2.06. The van der Waals surface area contributed by atoms with Crippen LogP contribution in [-0.4, -0.2) is 34.6 Å². The van der Waals surface area contributed by atoms with Gasteiger partial charge in [0, 0.05) is 13.2 Å². The lowest BCUT2D eigenvalue weighted by molar-refractivity contribution is 0.137. The third-order valence-corrected chi connectivity index (χ3v) is 4.64. The zero-order valence-corrected chi connectivity index (χ0v) is 15.4. The van der Waals surface area contributed by atoms with E-state index in [-0.39, 0.29) is 12.7 Å². The first kappa shape index (κ1) is 22.9. The molecule has 0 aliphatic heterocycles. The summed E-state index contributed by atoms with van der Waals surface area (Å²) in [5.74, 6) is 0. The van der Waals surface area contributed by atoms with Crippen molar-refractivity contribution < 1.29 is 15.3 Å². The molecule has 0 aromatic carbocycles. The predicted molar refractivity (Wildman–Crippen MR) is 98.7 cm³/mol. The molecule has 0 heterocycles. The van der Waals surface area contributed by atoms with Crippen molar-refractivity contribution in [3.8, 4) is 0 Å². The molecule has 0 radical (unpaired) electrons.